The molecule has 3 fully saturated rings. The lowest BCUT2D eigenvalue weighted by Crippen LogP contribution is -2.57. The third kappa shape index (κ3) is 1.87. The highest BCUT2D eigenvalue weighted by Crippen LogP contribution is 2.48. The number of fused-ring (bicyclic) bond motifs is 4. The predicted molar refractivity (Wildman–Crippen MR) is 78.1 cm³/mol. The second kappa shape index (κ2) is 4.44. The van der Waals surface area contributed by atoms with Gasteiger partial charge in [0.2, 0.25) is 0 Å². The highest BCUT2D eigenvalue weighted by molar-refractivity contribution is 5.89. The van der Waals surface area contributed by atoms with Crippen molar-refractivity contribution in [3.05, 3.63) is 42.0 Å². The lowest BCUT2D eigenvalue weighted by molar-refractivity contribution is -0.477. The standard InChI is InChI=1S/C17H18O4/c1-16-9-19-17(20-10-16,21-11-16)14-8-7-12-5-3-4-6-13(12)15(14)18-2/h3-8H,9-11H2,1-2H3. The summed E-state index contributed by atoms with van der Waals surface area (Å²) < 4.78 is 23.4. The second-order valence-corrected chi connectivity index (χ2v) is 6.10. The Kier molecular flexibility index (Phi) is 2.76. The SMILES string of the molecule is COc1c(C23OCC(C)(CO2)CO3)ccc2ccccc12. The third-order valence-corrected chi connectivity index (χ3v) is 4.25. The second-order valence-electron chi connectivity index (χ2n) is 6.10. The summed E-state index contributed by atoms with van der Waals surface area (Å²) in [5.41, 5.74) is 0.747. The number of hydrogen-bond acceptors (Lipinski definition) is 4. The zero-order chi connectivity index (χ0) is 14.5. The zero-order valence-corrected chi connectivity index (χ0v) is 12.2. The Hall–Kier alpha value is -1.62. The Morgan fingerprint density at radius 2 is 1.62 bits per heavy atom. The van der Waals surface area contributed by atoms with Crippen LogP contribution in [-0.2, 0) is 20.2 Å². The summed E-state index contributed by atoms with van der Waals surface area (Å²) >= 11 is 0. The summed E-state index contributed by atoms with van der Waals surface area (Å²) in [7, 11) is 1.66. The van der Waals surface area contributed by atoms with Crippen LogP contribution in [0.15, 0.2) is 36.4 Å². The Balaban J connectivity index is 1.87. The monoisotopic (exact) mass is 286 g/mol. The molecular weight excluding hydrogens is 268 g/mol. The van der Waals surface area contributed by atoms with Gasteiger partial charge in [0.1, 0.15) is 5.75 Å². The number of ether oxygens (including phenoxy) is 4. The van der Waals surface area contributed by atoms with Crippen molar-refractivity contribution in [3.8, 4) is 5.75 Å². The minimum absolute atomic E-state index is 0.0498. The molecule has 0 aromatic heterocycles. The Morgan fingerprint density at radius 3 is 2.29 bits per heavy atom. The fraction of sp³-hybridized carbons (Fsp3) is 0.412. The van der Waals surface area contributed by atoms with E-state index in [4.69, 9.17) is 18.9 Å². The van der Waals surface area contributed by atoms with E-state index in [1.807, 2.05) is 30.3 Å². The summed E-state index contributed by atoms with van der Waals surface area (Å²) in [6.45, 7) is 3.99. The average Bonchev–Trinajstić information content (AvgIpc) is 2.55. The van der Waals surface area contributed by atoms with Gasteiger partial charge in [-0.15, -0.1) is 0 Å². The van der Waals surface area contributed by atoms with Gasteiger partial charge < -0.3 is 18.9 Å². The molecule has 0 spiro atoms. The summed E-state index contributed by atoms with van der Waals surface area (Å²) in [4.78, 5) is 0. The van der Waals surface area contributed by atoms with Gasteiger partial charge in [0.25, 0.3) is 0 Å². The number of rotatable bonds is 2. The van der Waals surface area contributed by atoms with Crippen LogP contribution < -0.4 is 4.74 Å². The van der Waals surface area contributed by atoms with Crippen LogP contribution in [0, 0.1) is 5.41 Å². The fourth-order valence-corrected chi connectivity index (χ4v) is 3.00. The minimum Gasteiger partial charge on any atom is -0.496 e. The molecule has 3 aliphatic rings. The topological polar surface area (TPSA) is 36.9 Å². The lowest BCUT2D eigenvalue weighted by atomic mass is 9.90. The molecule has 0 saturated carbocycles. The van der Waals surface area contributed by atoms with Gasteiger partial charge >= 0.3 is 5.97 Å². The molecule has 2 bridgehead atoms. The first-order chi connectivity index (χ1) is 10.2. The molecule has 21 heavy (non-hydrogen) atoms. The van der Waals surface area contributed by atoms with Crippen molar-refractivity contribution in [1.82, 2.24) is 0 Å². The number of methoxy groups -OCH3 is 1. The molecule has 0 N–H and O–H groups in total. The maximum absolute atomic E-state index is 5.92. The molecule has 0 amide bonds. The number of hydrogen-bond donors (Lipinski definition) is 0. The van der Waals surface area contributed by atoms with Crippen molar-refractivity contribution in [2.24, 2.45) is 5.41 Å². The summed E-state index contributed by atoms with van der Waals surface area (Å²) in [5, 5.41) is 2.15. The predicted octanol–water partition coefficient (Wildman–Crippen LogP) is 3.04. The first-order valence-corrected chi connectivity index (χ1v) is 7.14. The first-order valence-electron chi connectivity index (χ1n) is 7.14. The van der Waals surface area contributed by atoms with Gasteiger partial charge in [-0.1, -0.05) is 37.3 Å². The van der Waals surface area contributed by atoms with Crippen LogP contribution in [0.4, 0.5) is 0 Å². The van der Waals surface area contributed by atoms with Gasteiger partial charge in [0.15, 0.2) is 0 Å². The van der Waals surface area contributed by atoms with Crippen LogP contribution >= 0.6 is 0 Å². The molecular formula is C17H18O4. The van der Waals surface area contributed by atoms with Crippen LogP contribution in [0.25, 0.3) is 10.8 Å². The molecule has 4 nitrogen and oxygen atoms in total. The molecule has 3 aliphatic heterocycles. The van der Waals surface area contributed by atoms with Crippen LogP contribution in [0.5, 0.6) is 5.75 Å². The quantitative estimate of drug-likeness (QED) is 0.850. The van der Waals surface area contributed by atoms with Crippen molar-refractivity contribution < 1.29 is 18.9 Å². The summed E-state index contributed by atoms with van der Waals surface area (Å²) in [6, 6.07) is 12.1. The third-order valence-electron chi connectivity index (χ3n) is 4.25. The highest BCUT2D eigenvalue weighted by atomic mass is 16.9. The van der Waals surface area contributed by atoms with E-state index < -0.39 is 5.97 Å². The molecule has 0 atom stereocenters. The van der Waals surface area contributed by atoms with Crippen LogP contribution in [0.3, 0.4) is 0 Å². The Labute approximate surface area is 123 Å². The molecule has 3 saturated heterocycles. The van der Waals surface area contributed by atoms with Gasteiger partial charge in [0, 0.05) is 10.8 Å². The zero-order valence-electron chi connectivity index (χ0n) is 12.2. The molecule has 5 rings (SSSR count). The van der Waals surface area contributed by atoms with Crippen molar-refractivity contribution in [2.45, 2.75) is 12.9 Å². The highest BCUT2D eigenvalue weighted by Gasteiger charge is 2.53. The molecule has 0 aliphatic carbocycles. The molecule has 110 valence electrons. The van der Waals surface area contributed by atoms with Crippen molar-refractivity contribution in [2.75, 3.05) is 26.9 Å². The van der Waals surface area contributed by atoms with Gasteiger partial charge in [-0.25, -0.2) is 0 Å². The summed E-state index contributed by atoms with van der Waals surface area (Å²) in [6.07, 6.45) is 0. The molecule has 0 radical (unpaired) electrons. The van der Waals surface area contributed by atoms with E-state index in [1.54, 1.807) is 7.11 Å². The average molecular weight is 286 g/mol. The van der Waals surface area contributed by atoms with E-state index in [0.29, 0.717) is 19.8 Å². The van der Waals surface area contributed by atoms with Crippen molar-refractivity contribution in [1.29, 1.82) is 0 Å². The molecule has 4 heteroatoms. The molecule has 2 aromatic carbocycles. The Bertz CT molecular complexity index is 670. The minimum atomic E-state index is -1.13. The van der Waals surface area contributed by atoms with Crippen molar-refractivity contribution >= 4 is 10.8 Å². The van der Waals surface area contributed by atoms with Gasteiger partial charge in [-0.05, 0) is 11.5 Å². The lowest BCUT2D eigenvalue weighted by Gasteiger charge is -2.50. The molecule has 0 unspecified atom stereocenters. The first kappa shape index (κ1) is 13.1. The molecule has 3 heterocycles. The normalized spacial score (nSPS) is 31.5. The maximum atomic E-state index is 5.92. The van der Waals surface area contributed by atoms with E-state index in [1.165, 1.54) is 0 Å². The largest absolute Gasteiger partial charge is 0.496 e. The van der Waals surface area contributed by atoms with Crippen LogP contribution in [0.2, 0.25) is 0 Å². The fourth-order valence-electron chi connectivity index (χ4n) is 3.00. The van der Waals surface area contributed by atoms with E-state index in [2.05, 4.69) is 13.0 Å². The van der Waals surface area contributed by atoms with Crippen molar-refractivity contribution in [3.63, 3.8) is 0 Å². The van der Waals surface area contributed by atoms with Crippen LogP contribution in [-0.4, -0.2) is 26.9 Å². The van der Waals surface area contributed by atoms with E-state index >= 15 is 0 Å². The molecule has 2 aromatic rings. The van der Waals surface area contributed by atoms with E-state index in [0.717, 1.165) is 22.1 Å². The number of benzene rings is 2. The smallest absolute Gasteiger partial charge is 0.315 e. The van der Waals surface area contributed by atoms with Gasteiger partial charge in [-0.3, -0.25) is 0 Å². The van der Waals surface area contributed by atoms with Gasteiger partial charge in [0.05, 0.1) is 32.5 Å². The summed E-state index contributed by atoms with van der Waals surface area (Å²) in [5.74, 6) is -0.383. The van der Waals surface area contributed by atoms with Gasteiger partial charge in [-0.2, -0.15) is 0 Å². The Morgan fingerprint density at radius 1 is 0.952 bits per heavy atom. The van der Waals surface area contributed by atoms with E-state index in [-0.39, 0.29) is 5.41 Å². The van der Waals surface area contributed by atoms with E-state index in [9.17, 15) is 0 Å². The maximum Gasteiger partial charge on any atom is 0.315 e. The van der Waals surface area contributed by atoms with Crippen LogP contribution in [0.1, 0.15) is 12.5 Å².